The van der Waals surface area contributed by atoms with E-state index in [4.69, 9.17) is 0 Å². The normalized spacial score (nSPS) is 26.3. The number of methoxy groups -OCH3 is 1. The molecule has 1 fully saturated rings. The van der Waals surface area contributed by atoms with Gasteiger partial charge in [-0.25, -0.2) is 9.48 Å². The summed E-state index contributed by atoms with van der Waals surface area (Å²) in [5.74, 6) is -0.968. The molecule has 0 unspecified atom stereocenters. The summed E-state index contributed by atoms with van der Waals surface area (Å²) in [7, 11) is 1.19. The number of hydrogen-bond donors (Lipinski definition) is 2. The molecule has 0 radical (unpaired) electrons. The Hall–Kier alpha value is -1.80. The van der Waals surface area contributed by atoms with E-state index in [1.54, 1.807) is 0 Å². The largest absolute Gasteiger partial charge is 0.464 e. The minimum absolute atomic E-state index is 0.0377. The summed E-state index contributed by atoms with van der Waals surface area (Å²) < 4.78 is 5.72. The van der Waals surface area contributed by atoms with E-state index in [9.17, 15) is 19.8 Å². The molecule has 0 amide bonds. The van der Waals surface area contributed by atoms with Crippen molar-refractivity contribution in [1.82, 2.24) is 15.0 Å². The third-order valence-corrected chi connectivity index (χ3v) is 5.33. The monoisotopic (exact) mass is 325 g/mol. The average molecular weight is 325 g/mol. The molecular weight excluding hydrogens is 302 g/mol. The summed E-state index contributed by atoms with van der Waals surface area (Å²) in [5, 5.41) is 27.6. The fourth-order valence-corrected chi connectivity index (χ4v) is 3.17. The van der Waals surface area contributed by atoms with Gasteiger partial charge in [-0.1, -0.05) is 26.0 Å². The van der Waals surface area contributed by atoms with Crippen LogP contribution in [0.2, 0.25) is 0 Å². The summed E-state index contributed by atoms with van der Waals surface area (Å²) in [5.41, 5.74) is -2.09. The van der Waals surface area contributed by atoms with Crippen LogP contribution in [0.5, 0.6) is 0 Å². The van der Waals surface area contributed by atoms with Crippen molar-refractivity contribution < 1.29 is 24.5 Å². The number of ketones is 1. The zero-order valence-electron chi connectivity index (χ0n) is 13.9. The molecule has 1 saturated carbocycles. The van der Waals surface area contributed by atoms with Gasteiger partial charge in [0.15, 0.2) is 11.5 Å². The van der Waals surface area contributed by atoms with E-state index in [0.29, 0.717) is 6.42 Å². The first-order valence-electron chi connectivity index (χ1n) is 7.56. The number of carbonyl (C=O) groups excluding carboxylic acids is 2. The van der Waals surface area contributed by atoms with Crippen LogP contribution < -0.4 is 0 Å². The quantitative estimate of drug-likeness (QED) is 0.749. The topological polar surface area (TPSA) is 115 Å². The number of aliphatic hydroxyl groups excluding tert-OH is 1. The van der Waals surface area contributed by atoms with Gasteiger partial charge in [0.25, 0.3) is 0 Å². The van der Waals surface area contributed by atoms with E-state index >= 15 is 0 Å². The highest BCUT2D eigenvalue weighted by molar-refractivity contribution is 5.91. The number of aromatic nitrogens is 3. The van der Waals surface area contributed by atoms with E-state index in [1.165, 1.54) is 7.11 Å². The number of hydrogen-bond acceptors (Lipinski definition) is 7. The molecule has 1 aliphatic rings. The van der Waals surface area contributed by atoms with Crippen molar-refractivity contribution in [3.05, 3.63) is 11.4 Å². The summed E-state index contributed by atoms with van der Waals surface area (Å²) in [6.45, 7) is 4.94. The van der Waals surface area contributed by atoms with Gasteiger partial charge in [0, 0.05) is 5.41 Å². The number of rotatable bonds is 5. The molecular formula is C15H23N3O5. The number of carbonyl (C=O) groups is 2. The zero-order chi connectivity index (χ0) is 17.4. The van der Waals surface area contributed by atoms with Gasteiger partial charge >= 0.3 is 5.97 Å². The summed E-state index contributed by atoms with van der Waals surface area (Å²) in [6.07, 6.45) is 1.12. The molecule has 2 N–H and O–H groups in total. The lowest BCUT2D eigenvalue weighted by Gasteiger charge is -2.38. The van der Waals surface area contributed by atoms with Crippen LogP contribution in [0.4, 0.5) is 0 Å². The Labute approximate surface area is 134 Å². The first-order chi connectivity index (χ1) is 10.7. The Kier molecular flexibility index (Phi) is 4.59. The van der Waals surface area contributed by atoms with Crippen LogP contribution in [0.25, 0.3) is 0 Å². The second kappa shape index (κ2) is 6.01. The average Bonchev–Trinajstić information content (AvgIpc) is 3.01. The van der Waals surface area contributed by atoms with Crippen LogP contribution in [0.3, 0.4) is 0 Å². The number of esters is 1. The first kappa shape index (κ1) is 17.6. The lowest BCUT2D eigenvalue weighted by molar-refractivity contribution is -0.149. The molecule has 0 saturated heterocycles. The molecule has 1 aromatic rings. The first-order valence-corrected chi connectivity index (χ1v) is 7.56. The maximum absolute atomic E-state index is 12.7. The fourth-order valence-electron chi connectivity index (χ4n) is 3.17. The Morgan fingerprint density at radius 1 is 1.43 bits per heavy atom. The van der Waals surface area contributed by atoms with Gasteiger partial charge in [-0.15, -0.1) is 5.10 Å². The van der Waals surface area contributed by atoms with Crippen LogP contribution in [0.1, 0.15) is 49.8 Å². The minimum atomic E-state index is -1.48. The molecule has 8 heteroatoms. The molecule has 128 valence electrons. The van der Waals surface area contributed by atoms with E-state index in [1.807, 2.05) is 20.8 Å². The second-order valence-electron chi connectivity index (χ2n) is 6.64. The van der Waals surface area contributed by atoms with Gasteiger partial charge in [-0.3, -0.25) is 4.79 Å². The van der Waals surface area contributed by atoms with Gasteiger partial charge in [-0.05, 0) is 18.8 Å². The lowest BCUT2D eigenvalue weighted by Crippen LogP contribution is -2.50. The summed E-state index contributed by atoms with van der Waals surface area (Å²) >= 11 is 0. The summed E-state index contributed by atoms with van der Waals surface area (Å²) in [6, 6.07) is 0. The van der Waals surface area contributed by atoms with Crippen LogP contribution in [0, 0.1) is 11.3 Å². The van der Waals surface area contributed by atoms with Crippen molar-refractivity contribution in [2.75, 3.05) is 7.11 Å². The molecule has 8 nitrogen and oxygen atoms in total. The highest BCUT2D eigenvalue weighted by Gasteiger charge is 2.56. The molecule has 0 bridgehead atoms. The Morgan fingerprint density at radius 3 is 2.57 bits per heavy atom. The van der Waals surface area contributed by atoms with Gasteiger partial charge in [-0.2, -0.15) is 0 Å². The maximum Gasteiger partial charge on any atom is 0.358 e. The molecule has 1 aromatic heterocycles. The molecule has 2 rings (SSSR count). The van der Waals surface area contributed by atoms with Crippen molar-refractivity contribution in [3.63, 3.8) is 0 Å². The third-order valence-electron chi connectivity index (χ3n) is 5.33. The molecule has 23 heavy (non-hydrogen) atoms. The molecule has 1 heterocycles. The van der Waals surface area contributed by atoms with Crippen LogP contribution in [-0.4, -0.2) is 49.7 Å². The van der Waals surface area contributed by atoms with Crippen molar-refractivity contribution in [2.24, 2.45) is 11.3 Å². The van der Waals surface area contributed by atoms with Crippen LogP contribution >= 0.6 is 0 Å². The maximum atomic E-state index is 12.7. The van der Waals surface area contributed by atoms with E-state index in [-0.39, 0.29) is 23.9 Å². The fraction of sp³-hybridized carbons (Fsp3) is 0.733. The molecule has 0 spiro atoms. The smallest absolute Gasteiger partial charge is 0.358 e. The number of Topliss-reactive ketones (excluding diaryl/α,β-unsaturated/α-hetero) is 1. The number of ether oxygens (including phenoxy) is 1. The summed E-state index contributed by atoms with van der Waals surface area (Å²) in [4.78, 5) is 24.5. The Morgan fingerprint density at radius 2 is 2.09 bits per heavy atom. The van der Waals surface area contributed by atoms with Gasteiger partial charge < -0.3 is 14.9 Å². The van der Waals surface area contributed by atoms with Gasteiger partial charge in [0.2, 0.25) is 0 Å². The Bertz CT molecular complexity index is 625. The standard InChI is InChI=1S/C15H23N3O5/c1-9-5-6-15(22,14(9,2)3)11(20)7-18-12(13(21)23-4)10(8-19)16-17-18/h9,19,22H,5-8H2,1-4H3/t9-,15+/m1/s1. The number of nitrogens with zero attached hydrogens (tertiary/aromatic N) is 3. The zero-order valence-corrected chi connectivity index (χ0v) is 13.9. The predicted molar refractivity (Wildman–Crippen MR) is 79.4 cm³/mol. The SMILES string of the molecule is COC(=O)c1c(CO)nnn1CC(=O)[C@@]1(O)CC[C@@H](C)C1(C)C. The molecule has 0 aromatic carbocycles. The second-order valence-corrected chi connectivity index (χ2v) is 6.64. The lowest BCUT2D eigenvalue weighted by atomic mass is 9.71. The van der Waals surface area contributed by atoms with Crippen molar-refractivity contribution in [2.45, 2.75) is 52.4 Å². The molecule has 1 aliphatic carbocycles. The third kappa shape index (κ3) is 2.66. The molecule has 0 aliphatic heterocycles. The van der Waals surface area contributed by atoms with Crippen molar-refractivity contribution in [1.29, 1.82) is 0 Å². The highest BCUT2D eigenvalue weighted by atomic mass is 16.5. The highest BCUT2D eigenvalue weighted by Crippen LogP contribution is 2.50. The van der Waals surface area contributed by atoms with E-state index < -0.39 is 29.4 Å². The van der Waals surface area contributed by atoms with Crippen molar-refractivity contribution in [3.8, 4) is 0 Å². The van der Waals surface area contributed by atoms with Gasteiger partial charge in [0.1, 0.15) is 17.8 Å². The molecule has 2 atom stereocenters. The van der Waals surface area contributed by atoms with Gasteiger partial charge in [0.05, 0.1) is 13.7 Å². The van der Waals surface area contributed by atoms with Crippen molar-refractivity contribution >= 4 is 11.8 Å². The van der Waals surface area contributed by atoms with Crippen LogP contribution in [-0.2, 0) is 22.7 Å². The predicted octanol–water partition coefficient (Wildman–Crippen LogP) is 0.313. The van der Waals surface area contributed by atoms with E-state index in [0.717, 1.165) is 11.1 Å². The number of aliphatic hydroxyl groups is 2. The van der Waals surface area contributed by atoms with E-state index in [2.05, 4.69) is 15.0 Å². The van der Waals surface area contributed by atoms with Crippen LogP contribution in [0.15, 0.2) is 0 Å². The Balaban J connectivity index is 2.31. The minimum Gasteiger partial charge on any atom is -0.464 e.